The van der Waals surface area contributed by atoms with Crippen molar-refractivity contribution in [2.24, 2.45) is 0 Å². The molecule has 0 amide bonds. The quantitative estimate of drug-likeness (QED) is 0.344. The third-order valence-electron chi connectivity index (χ3n) is 5.66. The normalized spacial score (nSPS) is 11.0. The van der Waals surface area contributed by atoms with Crippen molar-refractivity contribution in [2.75, 3.05) is 6.61 Å². The van der Waals surface area contributed by atoms with E-state index >= 15 is 0 Å². The van der Waals surface area contributed by atoms with Crippen LogP contribution in [0.3, 0.4) is 0 Å². The van der Waals surface area contributed by atoms with Crippen LogP contribution in [0.15, 0.2) is 60.7 Å². The van der Waals surface area contributed by atoms with E-state index in [2.05, 4.69) is 60.1 Å². The predicted molar refractivity (Wildman–Crippen MR) is 133 cm³/mol. The van der Waals surface area contributed by atoms with Gasteiger partial charge in [-0.15, -0.1) is 6.42 Å². The number of benzene rings is 3. The molecule has 6 heteroatoms. The van der Waals surface area contributed by atoms with Gasteiger partial charge in [0.25, 0.3) is 0 Å². The highest BCUT2D eigenvalue weighted by atomic mass is 16.5. The third-order valence-corrected chi connectivity index (χ3v) is 5.66. The number of nitrogens with zero attached hydrogens (tertiary/aromatic N) is 4. The first-order valence-electron chi connectivity index (χ1n) is 10.9. The van der Waals surface area contributed by atoms with Gasteiger partial charge < -0.3 is 9.72 Å². The van der Waals surface area contributed by atoms with Gasteiger partial charge in [-0.25, -0.2) is 15.0 Å². The molecule has 34 heavy (non-hydrogen) atoms. The van der Waals surface area contributed by atoms with Gasteiger partial charge in [-0.2, -0.15) is 5.26 Å². The fraction of sp³-hybridized carbons (Fsp3) is 0.143. The summed E-state index contributed by atoms with van der Waals surface area (Å²) in [6, 6.07) is 21.5. The summed E-state index contributed by atoms with van der Waals surface area (Å²) in [5, 5.41) is 10.1. The minimum Gasteiger partial charge on any atom is -0.481 e. The maximum Gasteiger partial charge on any atom is 0.196 e. The van der Waals surface area contributed by atoms with Crippen LogP contribution in [0, 0.1) is 23.7 Å². The van der Waals surface area contributed by atoms with Crippen LogP contribution in [0.5, 0.6) is 5.75 Å². The van der Waals surface area contributed by atoms with Gasteiger partial charge in [-0.1, -0.05) is 44.0 Å². The summed E-state index contributed by atoms with van der Waals surface area (Å²) in [7, 11) is 0. The van der Waals surface area contributed by atoms with Crippen LogP contribution in [0.1, 0.15) is 30.9 Å². The molecule has 1 N–H and O–H groups in total. The molecule has 5 rings (SSSR count). The lowest BCUT2D eigenvalue weighted by Crippen LogP contribution is -1.98. The Bertz CT molecular complexity index is 1600. The fourth-order valence-corrected chi connectivity index (χ4v) is 3.86. The van der Waals surface area contributed by atoms with Crippen molar-refractivity contribution in [3.8, 4) is 47.1 Å². The molecule has 0 spiro atoms. The first-order chi connectivity index (χ1) is 16.6. The van der Waals surface area contributed by atoms with Gasteiger partial charge in [-0.05, 0) is 47.9 Å². The summed E-state index contributed by atoms with van der Waals surface area (Å²) >= 11 is 0. The van der Waals surface area contributed by atoms with Crippen molar-refractivity contribution in [2.45, 2.75) is 19.8 Å². The summed E-state index contributed by atoms with van der Waals surface area (Å²) in [5.74, 6) is 4.60. The van der Waals surface area contributed by atoms with Gasteiger partial charge in [0.1, 0.15) is 12.4 Å². The van der Waals surface area contributed by atoms with Gasteiger partial charge in [0.15, 0.2) is 11.6 Å². The molecule has 164 valence electrons. The lowest BCUT2D eigenvalue weighted by Gasteiger charge is -2.11. The van der Waals surface area contributed by atoms with Gasteiger partial charge in [0.05, 0.1) is 33.9 Å². The highest BCUT2D eigenvalue weighted by Crippen LogP contribution is 2.32. The van der Waals surface area contributed by atoms with Gasteiger partial charge in [0, 0.05) is 10.9 Å². The number of terminal acetylenes is 1. The Morgan fingerprint density at radius 2 is 1.76 bits per heavy atom. The largest absolute Gasteiger partial charge is 0.481 e. The summed E-state index contributed by atoms with van der Waals surface area (Å²) in [6.45, 7) is 4.52. The van der Waals surface area contributed by atoms with E-state index in [9.17, 15) is 5.26 Å². The van der Waals surface area contributed by atoms with E-state index in [1.54, 1.807) is 12.1 Å². The number of H-pyrrole nitrogens is 1. The van der Waals surface area contributed by atoms with E-state index in [1.165, 1.54) is 5.56 Å². The zero-order valence-electron chi connectivity index (χ0n) is 18.8. The van der Waals surface area contributed by atoms with Crippen molar-refractivity contribution < 1.29 is 4.74 Å². The second-order valence-electron chi connectivity index (χ2n) is 8.27. The number of hydrogen-bond donors (Lipinski definition) is 1. The fourth-order valence-electron chi connectivity index (χ4n) is 3.86. The Hall–Kier alpha value is -4.68. The van der Waals surface area contributed by atoms with Crippen LogP contribution in [-0.2, 0) is 0 Å². The van der Waals surface area contributed by atoms with Crippen LogP contribution in [0.2, 0.25) is 0 Å². The standard InChI is InChI=1S/C28H21N5O/c1-4-13-34-21-10-12-23-22(15-21)26(20-8-6-19(7-9-20)17(2)3)33-28(30-23)27-31-24-11-5-18(16-29)14-25(24)32-27/h1,5-12,14-15,17H,13H2,2-3H3,(H,31,32). The van der Waals surface area contributed by atoms with Crippen LogP contribution >= 0.6 is 0 Å². The number of rotatable bonds is 5. The maximum absolute atomic E-state index is 9.20. The number of imidazole rings is 1. The summed E-state index contributed by atoms with van der Waals surface area (Å²) < 4.78 is 5.64. The molecule has 2 heterocycles. The van der Waals surface area contributed by atoms with E-state index in [4.69, 9.17) is 21.1 Å². The average molecular weight is 444 g/mol. The highest BCUT2D eigenvalue weighted by Gasteiger charge is 2.16. The number of ether oxygens (including phenoxy) is 1. The van der Waals surface area contributed by atoms with Crippen molar-refractivity contribution in [3.63, 3.8) is 0 Å². The molecule has 0 bridgehead atoms. The molecule has 6 nitrogen and oxygen atoms in total. The Labute approximate surface area is 197 Å². The van der Waals surface area contributed by atoms with Crippen molar-refractivity contribution in [1.82, 2.24) is 19.9 Å². The zero-order chi connectivity index (χ0) is 23.7. The number of nitrogens with one attached hydrogen (secondary N) is 1. The van der Waals surface area contributed by atoms with Crippen LogP contribution in [0.4, 0.5) is 0 Å². The molecular formula is C28H21N5O. The molecule has 0 unspecified atom stereocenters. The van der Waals surface area contributed by atoms with Crippen molar-refractivity contribution >= 4 is 21.9 Å². The molecule has 0 aliphatic rings. The molecule has 0 atom stereocenters. The Morgan fingerprint density at radius 3 is 2.50 bits per heavy atom. The van der Waals surface area contributed by atoms with Crippen molar-refractivity contribution in [1.29, 1.82) is 5.26 Å². The lowest BCUT2D eigenvalue weighted by atomic mass is 9.99. The average Bonchev–Trinajstić information content (AvgIpc) is 3.30. The molecule has 0 radical (unpaired) electrons. The summed E-state index contributed by atoms with van der Waals surface area (Å²) in [5.41, 5.74) is 5.84. The van der Waals surface area contributed by atoms with Crippen molar-refractivity contribution in [3.05, 3.63) is 71.8 Å². The van der Waals surface area contributed by atoms with E-state index in [-0.39, 0.29) is 6.61 Å². The topological polar surface area (TPSA) is 87.5 Å². The second-order valence-corrected chi connectivity index (χ2v) is 8.27. The first-order valence-corrected chi connectivity index (χ1v) is 10.9. The monoisotopic (exact) mass is 443 g/mol. The first kappa shape index (κ1) is 21.2. The molecule has 0 saturated carbocycles. The van der Waals surface area contributed by atoms with E-state index in [0.717, 1.165) is 33.2 Å². The molecule has 0 aliphatic carbocycles. The number of aromatic nitrogens is 4. The molecule has 0 aliphatic heterocycles. The molecule has 2 aromatic heterocycles. The number of aromatic amines is 1. The second kappa shape index (κ2) is 8.69. The molecule has 5 aromatic rings. The summed E-state index contributed by atoms with van der Waals surface area (Å²) in [4.78, 5) is 17.6. The SMILES string of the molecule is C#CCOc1ccc2nc(-c3nc4ccc(C#N)cc4[nH]3)nc(-c3ccc(C(C)C)cc3)c2c1. The zero-order valence-corrected chi connectivity index (χ0v) is 18.8. The van der Waals surface area contributed by atoms with Crippen LogP contribution in [-0.4, -0.2) is 26.5 Å². The predicted octanol–water partition coefficient (Wildman–Crippen LogP) is 5.85. The number of fused-ring (bicyclic) bond motifs is 2. The van der Waals surface area contributed by atoms with E-state index in [1.807, 2.05) is 24.3 Å². The molecule has 3 aromatic carbocycles. The highest BCUT2D eigenvalue weighted by molar-refractivity contribution is 5.94. The Kier molecular flexibility index (Phi) is 5.41. The Balaban J connectivity index is 1.69. The maximum atomic E-state index is 9.20. The van der Waals surface area contributed by atoms with Gasteiger partial charge in [-0.3, -0.25) is 0 Å². The third kappa shape index (κ3) is 3.94. The van der Waals surface area contributed by atoms with Gasteiger partial charge in [0.2, 0.25) is 0 Å². The van der Waals surface area contributed by atoms with Crippen LogP contribution < -0.4 is 4.74 Å². The minimum absolute atomic E-state index is 0.187. The Morgan fingerprint density at radius 1 is 0.971 bits per heavy atom. The molecule has 0 saturated heterocycles. The van der Waals surface area contributed by atoms with E-state index in [0.29, 0.717) is 28.9 Å². The number of nitriles is 1. The molecular weight excluding hydrogens is 422 g/mol. The van der Waals surface area contributed by atoms with Crippen LogP contribution in [0.25, 0.3) is 44.8 Å². The van der Waals surface area contributed by atoms with E-state index < -0.39 is 0 Å². The summed E-state index contributed by atoms with van der Waals surface area (Å²) in [6.07, 6.45) is 5.35. The number of hydrogen-bond acceptors (Lipinski definition) is 5. The van der Waals surface area contributed by atoms with Gasteiger partial charge >= 0.3 is 0 Å². The lowest BCUT2D eigenvalue weighted by molar-refractivity contribution is 0.371. The minimum atomic E-state index is 0.187. The smallest absolute Gasteiger partial charge is 0.196 e. The molecule has 0 fully saturated rings.